The Morgan fingerprint density at radius 1 is 0.941 bits per heavy atom. The molecule has 0 atom stereocenters. The Labute approximate surface area is 204 Å². The number of nitrogens with zero attached hydrogens (tertiary/aromatic N) is 3. The van der Waals surface area contributed by atoms with Gasteiger partial charge in [-0.3, -0.25) is 9.36 Å². The summed E-state index contributed by atoms with van der Waals surface area (Å²) in [7, 11) is 1.62. The number of hydrogen-bond acceptors (Lipinski definition) is 5. The fraction of sp³-hybridized carbons (Fsp3) is 0.222. The topological polar surface area (TPSA) is 69.0 Å². The first-order valence-corrected chi connectivity index (χ1v) is 12.1. The molecule has 1 heterocycles. The van der Waals surface area contributed by atoms with Gasteiger partial charge in [0.25, 0.3) is 0 Å². The Morgan fingerprint density at radius 2 is 1.71 bits per heavy atom. The Morgan fingerprint density at radius 3 is 2.41 bits per heavy atom. The molecule has 1 N–H and O–H groups in total. The van der Waals surface area contributed by atoms with E-state index in [1.54, 1.807) is 18.9 Å². The van der Waals surface area contributed by atoms with Crippen LogP contribution in [0.4, 0.5) is 0 Å². The van der Waals surface area contributed by atoms with Gasteiger partial charge < -0.3 is 10.1 Å². The van der Waals surface area contributed by atoms with E-state index >= 15 is 0 Å². The zero-order chi connectivity index (χ0) is 23.9. The van der Waals surface area contributed by atoms with Gasteiger partial charge >= 0.3 is 0 Å². The number of amides is 1. The van der Waals surface area contributed by atoms with Gasteiger partial charge in [0.15, 0.2) is 11.0 Å². The second kappa shape index (κ2) is 11.0. The van der Waals surface area contributed by atoms with Gasteiger partial charge in [-0.25, -0.2) is 0 Å². The number of nitrogens with one attached hydrogen (secondary N) is 1. The largest absolute Gasteiger partial charge is 0.497 e. The van der Waals surface area contributed by atoms with Crippen molar-refractivity contribution in [2.75, 3.05) is 7.11 Å². The molecule has 3 aromatic carbocycles. The van der Waals surface area contributed by atoms with Crippen LogP contribution in [0.5, 0.6) is 5.75 Å². The first-order chi connectivity index (χ1) is 16.5. The highest BCUT2D eigenvalue weighted by Gasteiger charge is 2.16. The van der Waals surface area contributed by atoms with E-state index in [2.05, 4.69) is 77.9 Å². The zero-order valence-electron chi connectivity index (χ0n) is 19.6. The number of ether oxygens (including phenoxy) is 1. The van der Waals surface area contributed by atoms with E-state index in [4.69, 9.17) is 4.74 Å². The Kier molecular flexibility index (Phi) is 7.65. The van der Waals surface area contributed by atoms with Crippen molar-refractivity contribution in [1.29, 1.82) is 0 Å². The lowest BCUT2D eigenvalue weighted by molar-refractivity contribution is -0.120. The van der Waals surface area contributed by atoms with E-state index in [-0.39, 0.29) is 12.3 Å². The third-order valence-corrected chi connectivity index (χ3v) is 6.41. The summed E-state index contributed by atoms with van der Waals surface area (Å²) in [5.41, 5.74) is 5.55. The second-order valence-electron chi connectivity index (χ2n) is 8.15. The van der Waals surface area contributed by atoms with Crippen LogP contribution < -0.4 is 10.1 Å². The van der Waals surface area contributed by atoms with Crippen molar-refractivity contribution >= 4 is 17.7 Å². The van der Waals surface area contributed by atoms with E-state index in [1.807, 2.05) is 28.8 Å². The van der Waals surface area contributed by atoms with Crippen LogP contribution in [-0.2, 0) is 23.5 Å². The minimum absolute atomic E-state index is 0.0717. The summed E-state index contributed by atoms with van der Waals surface area (Å²) in [5, 5.41) is 12.6. The smallest absolute Gasteiger partial charge is 0.224 e. The molecule has 1 amide bonds. The molecule has 6 nitrogen and oxygen atoms in total. The van der Waals surface area contributed by atoms with Gasteiger partial charge in [-0.2, -0.15) is 0 Å². The van der Waals surface area contributed by atoms with Crippen LogP contribution in [-0.4, -0.2) is 27.8 Å². The molecule has 0 saturated heterocycles. The lowest BCUT2D eigenvalue weighted by atomic mass is 10.1. The minimum Gasteiger partial charge on any atom is -0.497 e. The quantitative estimate of drug-likeness (QED) is 0.346. The fourth-order valence-electron chi connectivity index (χ4n) is 3.58. The van der Waals surface area contributed by atoms with E-state index in [9.17, 15) is 4.79 Å². The Bertz CT molecular complexity index is 1250. The lowest BCUT2D eigenvalue weighted by Gasteiger charge is -2.12. The lowest BCUT2D eigenvalue weighted by Crippen LogP contribution is -2.26. The molecule has 0 fully saturated rings. The number of methoxy groups -OCH3 is 1. The highest BCUT2D eigenvalue weighted by molar-refractivity contribution is 7.98. The van der Waals surface area contributed by atoms with Gasteiger partial charge in [0.05, 0.1) is 20.1 Å². The van der Waals surface area contributed by atoms with Gasteiger partial charge in [-0.1, -0.05) is 71.4 Å². The van der Waals surface area contributed by atoms with Crippen molar-refractivity contribution in [2.45, 2.75) is 37.7 Å². The van der Waals surface area contributed by atoms with E-state index in [1.165, 1.54) is 16.7 Å². The van der Waals surface area contributed by atoms with Crippen LogP contribution >= 0.6 is 11.8 Å². The van der Waals surface area contributed by atoms with Crippen molar-refractivity contribution in [3.8, 4) is 11.4 Å². The van der Waals surface area contributed by atoms with Gasteiger partial charge in [0.1, 0.15) is 5.75 Å². The van der Waals surface area contributed by atoms with Crippen molar-refractivity contribution in [3.63, 3.8) is 0 Å². The van der Waals surface area contributed by atoms with Gasteiger partial charge in [-0.15, -0.1) is 10.2 Å². The van der Waals surface area contributed by atoms with Crippen molar-refractivity contribution in [2.24, 2.45) is 0 Å². The molecule has 0 spiro atoms. The van der Waals surface area contributed by atoms with Crippen LogP contribution in [0.2, 0.25) is 0 Å². The minimum atomic E-state index is -0.0717. The summed E-state index contributed by atoms with van der Waals surface area (Å²) in [6, 6.07) is 24.2. The average Bonchev–Trinajstić information content (AvgIpc) is 3.25. The SMILES string of the molecule is COc1ccc(CC(=O)NCc2nnc(SCc3cccc(C)c3)n2-c2ccc(C)cc2)cc1. The zero-order valence-corrected chi connectivity index (χ0v) is 20.4. The van der Waals surface area contributed by atoms with Crippen LogP contribution in [0.3, 0.4) is 0 Å². The molecular formula is C27H28N4O2S. The molecule has 174 valence electrons. The number of aryl methyl sites for hydroxylation is 2. The molecule has 1 aromatic heterocycles. The number of thioether (sulfide) groups is 1. The fourth-order valence-corrected chi connectivity index (χ4v) is 4.49. The number of aromatic nitrogens is 3. The molecule has 34 heavy (non-hydrogen) atoms. The first-order valence-electron chi connectivity index (χ1n) is 11.1. The average molecular weight is 473 g/mol. The highest BCUT2D eigenvalue weighted by atomic mass is 32.2. The molecule has 0 radical (unpaired) electrons. The predicted molar refractivity (Wildman–Crippen MR) is 135 cm³/mol. The summed E-state index contributed by atoms with van der Waals surface area (Å²) in [6.07, 6.45) is 0.289. The Hall–Kier alpha value is -3.58. The van der Waals surface area contributed by atoms with E-state index < -0.39 is 0 Å². The third kappa shape index (κ3) is 6.05. The predicted octanol–water partition coefficient (Wildman–Crippen LogP) is 5.04. The summed E-state index contributed by atoms with van der Waals surface area (Å²) in [6.45, 7) is 4.44. The maximum absolute atomic E-state index is 12.6. The summed E-state index contributed by atoms with van der Waals surface area (Å²) >= 11 is 1.63. The number of carbonyl (C=O) groups excluding carboxylic acids is 1. The highest BCUT2D eigenvalue weighted by Crippen LogP contribution is 2.26. The Balaban J connectivity index is 1.49. The summed E-state index contributed by atoms with van der Waals surface area (Å²) < 4.78 is 7.20. The van der Waals surface area contributed by atoms with Crippen LogP contribution in [0.1, 0.15) is 28.1 Å². The molecule has 0 aliphatic rings. The first kappa shape index (κ1) is 23.6. The van der Waals surface area contributed by atoms with E-state index in [0.717, 1.165) is 27.9 Å². The van der Waals surface area contributed by atoms with Crippen LogP contribution in [0, 0.1) is 13.8 Å². The second-order valence-corrected chi connectivity index (χ2v) is 9.09. The number of benzene rings is 3. The summed E-state index contributed by atoms with van der Waals surface area (Å²) in [5.74, 6) is 2.18. The number of hydrogen-bond donors (Lipinski definition) is 1. The molecule has 4 aromatic rings. The molecule has 0 aliphatic carbocycles. The normalized spacial score (nSPS) is 10.8. The molecule has 0 unspecified atom stereocenters. The van der Waals surface area contributed by atoms with Crippen LogP contribution in [0.25, 0.3) is 5.69 Å². The van der Waals surface area contributed by atoms with Gasteiger partial charge in [0, 0.05) is 11.4 Å². The van der Waals surface area contributed by atoms with Crippen LogP contribution in [0.15, 0.2) is 78.0 Å². The molecule has 4 rings (SSSR count). The monoisotopic (exact) mass is 472 g/mol. The van der Waals surface area contributed by atoms with E-state index in [0.29, 0.717) is 12.4 Å². The third-order valence-electron chi connectivity index (χ3n) is 5.41. The summed E-state index contributed by atoms with van der Waals surface area (Å²) in [4.78, 5) is 12.6. The van der Waals surface area contributed by atoms with Gasteiger partial charge in [-0.05, 0) is 49.2 Å². The van der Waals surface area contributed by atoms with Crippen molar-refractivity contribution < 1.29 is 9.53 Å². The molecule has 7 heteroatoms. The molecule has 0 aliphatic heterocycles. The van der Waals surface area contributed by atoms with Crippen molar-refractivity contribution in [3.05, 3.63) is 101 Å². The number of rotatable bonds is 9. The maximum Gasteiger partial charge on any atom is 0.224 e. The molecule has 0 bridgehead atoms. The maximum atomic E-state index is 12.6. The van der Waals surface area contributed by atoms with Gasteiger partial charge in [0.2, 0.25) is 5.91 Å². The number of carbonyl (C=O) groups is 1. The molecular weight excluding hydrogens is 444 g/mol. The van der Waals surface area contributed by atoms with Crippen molar-refractivity contribution in [1.82, 2.24) is 20.1 Å². The molecule has 0 saturated carbocycles. The standard InChI is InChI=1S/C27H28N4O2S/c1-19-7-11-23(12-8-19)31-25(17-28-26(32)16-21-9-13-24(33-3)14-10-21)29-30-27(31)34-18-22-6-4-5-20(2)15-22/h4-15H,16-18H2,1-3H3,(H,28,32).